The number of sulfonamides is 1. The van der Waals surface area contributed by atoms with Crippen LogP contribution in [0.15, 0.2) is 52.0 Å². The Balaban J connectivity index is 2.07. The van der Waals surface area contributed by atoms with Crippen molar-refractivity contribution in [2.75, 3.05) is 18.9 Å². The Kier molecular flexibility index (Phi) is 4.42. The summed E-state index contributed by atoms with van der Waals surface area (Å²) in [5, 5.41) is 0.790. The lowest BCUT2D eigenvalue weighted by Crippen LogP contribution is -2.14. The van der Waals surface area contributed by atoms with Gasteiger partial charge in [0.15, 0.2) is 11.5 Å². The van der Waals surface area contributed by atoms with E-state index in [0.29, 0.717) is 21.7 Å². The zero-order valence-corrected chi connectivity index (χ0v) is 15.4. The second-order valence-corrected chi connectivity index (χ2v) is 7.49. The van der Waals surface area contributed by atoms with Crippen LogP contribution in [0, 0.1) is 0 Å². The van der Waals surface area contributed by atoms with Gasteiger partial charge in [0.1, 0.15) is 4.90 Å². The van der Waals surface area contributed by atoms with E-state index >= 15 is 0 Å². The first-order chi connectivity index (χ1) is 11.5. The first kappa shape index (κ1) is 16.7. The largest absolute Gasteiger partial charge is 0.493 e. The van der Waals surface area contributed by atoms with E-state index in [-0.39, 0.29) is 4.90 Å². The molecule has 6 nitrogen and oxygen atoms in total. The van der Waals surface area contributed by atoms with E-state index in [1.165, 1.54) is 20.3 Å². The van der Waals surface area contributed by atoms with Gasteiger partial charge < -0.3 is 14.5 Å². The molecular weight excluding hydrogens is 396 g/mol. The van der Waals surface area contributed by atoms with Gasteiger partial charge in [0.25, 0.3) is 10.0 Å². The van der Waals surface area contributed by atoms with E-state index in [1.54, 1.807) is 24.4 Å². The highest BCUT2D eigenvalue weighted by Crippen LogP contribution is 2.36. The first-order valence-corrected chi connectivity index (χ1v) is 9.24. The molecule has 0 aliphatic carbocycles. The van der Waals surface area contributed by atoms with Gasteiger partial charge in [-0.05, 0) is 40.2 Å². The van der Waals surface area contributed by atoms with Gasteiger partial charge >= 0.3 is 0 Å². The van der Waals surface area contributed by atoms with Crippen molar-refractivity contribution in [1.82, 2.24) is 4.98 Å². The summed E-state index contributed by atoms with van der Waals surface area (Å²) >= 11 is 3.28. The standard InChI is InChI=1S/C16H15BrN2O4S/c1-22-14-8-11(17)16(9-15(14)23-2)24(20,21)19-13-5-3-4-12-10(13)6-7-18-12/h3-9,18-19H,1-2H3. The van der Waals surface area contributed by atoms with E-state index in [9.17, 15) is 8.42 Å². The first-order valence-electron chi connectivity index (χ1n) is 6.96. The van der Waals surface area contributed by atoms with Gasteiger partial charge in [-0.3, -0.25) is 4.72 Å². The highest BCUT2D eigenvalue weighted by atomic mass is 79.9. The molecular formula is C16H15BrN2O4S. The third-order valence-electron chi connectivity index (χ3n) is 3.57. The molecule has 2 N–H and O–H groups in total. The Morgan fingerprint density at radius 3 is 2.50 bits per heavy atom. The molecule has 0 atom stereocenters. The molecule has 0 aliphatic heterocycles. The minimum absolute atomic E-state index is 0.0627. The predicted octanol–water partition coefficient (Wildman–Crippen LogP) is 3.75. The summed E-state index contributed by atoms with van der Waals surface area (Å²) in [7, 11) is -0.873. The molecule has 1 aromatic heterocycles. The van der Waals surface area contributed by atoms with Gasteiger partial charge in [-0.2, -0.15) is 0 Å². The van der Waals surface area contributed by atoms with Gasteiger partial charge in [0.05, 0.1) is 19.9 Å². The van der Waals surface area contributed by atoms with Crippen LogP contribution in [0.4, 0.5) is 5.69 Å². The number of ether oxygens (including phenoxy) is 2. The van der Waals surface area contributed by atoms with Crippen LogP contribution in [0.2, 0.25) is 0 Å². The van der Waals surface area contributed by atoms with Crippen molar-refractivity contribution in [3.8, 4) is 11.5 Å². The molecule has 0 amide bonds. The number of anilines is 1. The third-order valence-corrected chi connectivity index (χ3v) is 5.89. The van der Waals surface area contributed by atoms with Crippen LogP contribution in [-0.2, 0) is 10.0 Å². The molecule has 0 unspecified atom stereocenters. The maximum atomic E-state index is 12.8. The minimum atomic E-state index is -3.82. The number of aromatic amines is 1. The van der Waals surface area contributed by atoms with Crippen molar-refractivity contribution in [3.05, 3.63) is 47.1 Å². The van der Waals surface area contributed by atoms with Crippen molar-refractivity contribution in [2.45, 2.75) is 4.90 Å². The molecule has 1 heterocycles. The summed E-state index contributed by atoms with van der Waals surface area (Å²) in [6.45, 7) is 0. The minimum Gasteiger partial charge on any atom is -0.493 e. The smallest absolute Gasteiger partial charge is 0.263 e. The molecule has 2 aromatic carbocycles. The fourth-order valence-electron chi connectivity index (χ4n) is 2.42. The molecule has 0 radical (unpaired) electrons. The fourth-order valence-corrected chi connectivity index (χ4v) is 4.53. The molecule has 8 heteroatoms. The van der Waals surface area contributed by atoms with E-state index in [0.717, 1.165) is 10.9 Å². The van der Waals surface area contributed by atoms with Gasteiger partial charge in [-0.25, -0.2) is 8.42 Å². The van der Waals surface area contributed by atoms with Crippen molar-refractivity contribution >= 4 is 42.5 Å². The van der Waals surface area contributed by atoms with Crippen molar-refractivity contribution in [1.29, 1.82) is 0 Å². The Morgan fingerprint density at radius 2 is 1.79 bits per heavy atom. The van der Waals surface area contributed by atoms with Crippen molar-refractivity contribution in [2.24, 2.45) is 0 Å². The van der Waals surface area contributed by atoms with E-state index in [4.69, 9.17) is 9.47 Å². The van der Waals surface area contributed by atoms with Crippen molar-refractivity contribution < 1.29 is 17.9 Å². The SMILES string of the molecule is COc1cc(Br)c(S(=O)(=O)Nc2cccc3[nH]ccc23)cc1OC. The number of rotatable bonds is 5. The molecule has 0 aliphatic rings. The average molecular weight is 411 g/mol. The number of nitrogens with one attached hydrogen (secondary N) is 2. The van der Waals surface area contributed by atoms with Crippen LogP contribution in [0.3, 0.4) is 0 Å². The number of H-pyrrole nitrogens is 1. The fraction of sp³-hybridized carbons (Fsp3) is 0.125. The maximum Gasteiger partial charge on any atom is 0.263 e. The molecule has 0 saturated heterocycles. The highest BCUT2D eigenvalue weighted by Gasteiger charge is 2.22. The second kappa shape index (κ2) is 6.37. The van der Waals surface area contributed by atoms with E-state index < -0.39 is 10.0 Å². The molecule has 3 aromatic rings. The Labute approximate surface area is 148 Å². The number of aromatic nitrogens is 1. The van der Waals surface area contributed by atoms with Gasteiger partial charge in [-0.1, -0.05) is 6.07 Å². The van der Waals surface area contributed by atoms with Crippen LogP contribution in [0.1, 0.15) is 0 Å². The number of halogens is 1. The Morgan fingerprint density at radius 1 is 1.08 bits per heavy atom. The lowest BCUT2D eigenvalue weighted by molar-refractivity contribution is 0.353. The summed E-state index contributed by atoms with van der Waals surface area (Å²) in [6, 6.07) is 10.2. The Hall–Kier alpha value is -2.19. The zero-order chi connectivity index (χ0) is 17.3. The summed E-state index contributed by atoms with van der Waals surface area (Å²) in [5.74, 6) is 0.775. The normalized spacial score (nSPS) is 11.5. The monoisotopic (exact) mass is 410 g/mol. The zero-order valence-electron chi connectivity index (χ0n) is 13.0. The molecule has 3 rings (SSSR count). The lowest BCUT2D eigenvalue weighted by Gasteiger charge is -2.14. The third kappa shape index (κ3) is 2.94. The van der Waals surface area contributed by atoms with E-state index in [1.807, 2.05) is 12.1 Å². The number of methoxy groups -OCH3 is 2. The predicted molar refractivity (Wildman–Crippen MR) is 96.4 cm³/mol. The lowest BCUT2D eigenvalue weighted by atomic mass is 10.2. The topological polar surface area (TPSA) is 80.4 Å². The molecule has 0 bridgehead atoms. The summed E-state index contributed by atoms with van der Waals surface area (Å²) in [5.41, 5.74) is 1.34. The van der Waals surface area contributed by atoms with Crippen LogP contribution in [-0.4, -0.2) is 27.6 Å². The van der Waals surface area contributed by atoms with Crippen LogP contribution < -0.4 is 14.2 Å². The van der Waals surface area contributed by atoms with Crippen molar-refractivity contribution in [3.63, 3.8) is 0 Å². The summed E-state index contributed by atoms with van der Waals surface area (Å²) in [4.78, 5) is 3.11. The van der Waals surface area contributed by atoms with Gasteiger partial charge in [0, 0.05) is 27.6 Å². The molecule has 0 spiro atoms. The molecule has 0 saturated carbocycles. The van der Waals surface area contributed by atoms with E-state index in [2.05, 4.69) is 25.6 Å². The van der Waals surface area contributed by atoms with Gasteiger partial charge in [0.2, 0.25) is 0 Å². The second-order valence-electron chi connectivity index (χ2n) is 4.99. The number of fused-ring (bicyclic) bond motifs is 1. The molecule has 0 fully saturated rings. The van der Waals surface area contributed by atoms with Crippen LogP contribution >= 0.6 is 15.9 Å². The summed E-state index contributed by atoms with van der Waals surface area (Å²) < 4.78 is 39.0. The average Bonchev–Trinajstić information content (AvgIpc) is 3.03. The maximum absolute atomic E-state index is 12.8. The van der Waals surface area contributed by atoms with Crippen LogP contribution in [0.5, 0.6) is 11.5 Å². The number of hydrogen-bond acceptors (Lipinski definition) is 4. The van der Waals surface area contributed by atoms with Crippen LogP contribution in [0.25, 0.3) is 10.9 Å². The number of benzene rings is 2. The highest BCUT2D eigenvalue weighted by molar-refractivity contribution is 9.10. The molecule has 126 valence electrons. The Bertz CT molecular complexity index is 998. The quantitative estimate of drug-likeness (QED) is 0.670. The molecule has 24 heavy (non-hydrogen) atoms. The summed E-state index contributed by atoms with van der Waals surface area (Å²) in [6.07, 6.45) is 1.76. The van der Waals surface area contributed by atoms with Gasteiger partial charge in [-0.15, -0.1) is 0 Å². The number of hydrogen-bond donors (Lipinski definition) is 2.